The van der Waals surface area contributed by atoms with Gasteiger partial charge in [-0.3, -0.25) is 14.9 Å². The summed E-state index contributed by atoms with van der Waals surface area (Å²) >= 11 is 0. The molecule has 8 heteroatoms. The van der Waals surface area contributed by atoms with Crippen LogP contribution in [0.2, 0.25) is 0 Å². The van der Waals surface area contributed by atoms with Crippen LogP contribution in [0.25, 0.3) is 11.1 Å². The molecule has 2 amide bonds. The van der Waals surface area contributed by atoms with E-state index in [1.807, 2.05) is 24.3 Å². The molecule has 1 saturated carbocycles. The van der Waals surface area contributed by atoms with Crippen LogP contribution in [0.4, 0.5) is 10.5 Å². The molecule has 3 N–H and O–H groups in total. The van der Waals surface area contributed by atoms with Crippen molar-refractivity contribution in [3.63, 3.8) is 0 Å². The number of nitrogens with zero attached hydrogens (tertiary/aromatic N) is 1. The minimum Gasteiger partial charge on any atom is -0.481 e. The van der Waals surface area contributed by atoms with Gasteiger partial charge in [-0.2, -0.15) is 0 Å². The van der Waals surface area contributed by atoms with Gasteiger partial charge in [-0.1, -0.05) is 55.0 Å². The Morgan fingerprint density at radius 2 is 1.63 bits per heavy atom. The Morgan fingerprint density at radius 1 is 0.943 bits per heavy atom. The van der Waals surface area contributed by atoms with Gasteiger partial charge in [0.1, 0.15) is 12.3 Å². The predicted octanol–water partition coefficient (Wildman–Crippen LogP) is 4.43. The van der Waals surface area contributed by atoms with Gasteiger partial charge in [0.25, 0.3) is 5.91 Å². The molecule has 0 aliphatic heterocycles. The van der Waals surface area contributed by atoms with Gasteiger partial charge in [0, 0.05) is 12.0 Å². The number of carboxylic acids is 1. The highest BCUT2D eigenvalue weighted by Gasteiger charge is 2.34. The highest BCUT2D eigenvalue weighted by Crippen LogP contribution is 2.44. The molecule has 0 unspecified atom stereocenters. The Morgan fingerprint density at radius 3 is 2.26 bits per heavy atom. The lowest BCUT2D eigenvalue weighted by molar-refractivity contribution is -0.142. The molecule has 2 aromatic carbocycles. The number of fused-ring (bicyclic) bond motifs is 3. The van der Waals surface area contributed by atoms with E-state index in [1.165, 1.54) is 12.3 Å². The van der Waals surface area contributed by atoms with Crippen LogP contribution in [0.3, 0.4) is 0 Å². The van der Waals surface area contributed by atoms with Crippen molar-refractivity contribution in [3.05, 3.63) is 83.7 Å². The van der Waals surface area contributed by atoms with Crippen LogP contribution in [0, 0.1) is 5.92 Å². The summed E-state index contributed by atoms with van der Waals surface area (Å²) in [5.41, 5.74) is 5.11. The van der Waals surface area contributed by atoms with Gasteiger partial charge < -0.3 is 15.2 Å². The zero-order valence-electron chi connectivity index (χ0n) is 18.9. The molecule has 0 bridgehead atoms. The zero-order valence-corrected chi connectivity index (χ0v) is 18.9. The Balaban J connectivity index is 1.18. The SMILES string of the molecule is O=C(Nc1ccc(C(=O)N[C@@H]2CCC[C@@H]2C(=O)O)nc1)OCC1c2ccccc2-c2ccccc21. The van der Waals surface area contributed by atoms with E-state index in [-0.39, 0.29) is 18.2 Å². The number of pyridine rings is 1. The van der Waals surface area contributed by atoms with Crippen molar-refractivity contribution in [2.45, 2.75) is 31.2 Å². The van der Waals surface area contributed by atoms with Crippen molar-refractivity contribution < 1.29 is 24.2 Å². The number of benzene rings is 2. The molecule has 0 spiro atoms. The summed E-state index contributed by atoms with van der Waals surface area (Å²) in [4.78, 5) is 40.3. The zero-order chi connectivity index (χ0) is 24.4. The van der Waals surface area contributed by atoms with Crippen LogP contribution in [0.15, 0.2) is 66.9 Å². The number of carboxylic acid groups (broad SMARTS) is 1. The molecule has 1 heterocycles. The summed E-state index contributed by atoms with van der Waals surface area (Å²) in [7, 11) is 0. The molecule has 0 saturated heterocycles. The van der Waals surface area contributed by atoms with E-state index in [0.717, 1.165) is 28.7 Å². The van der Waals surface area contributed by atoms with E-state index in [2.05, 4.69) is 39.9 Å². The lowest BCUT2D eigenvalue weighted by Crippen LogP contribution is -2.40. The van der Waals surface area contributed by atoms with Crippen molar-refractivity contribution >= 4 is 23.7 Å². The molecule has 1 fully saturated rings. The quantitative estimate of drug-likeness (QED) is 0.490. The summed E-state index contributed by atoms with van der Waals surface area (Å²) in [6.07, 6.45) is 2.71. The number of hydrogen-bond donors (Lipinski definition) is 3. The lowest BCUT2D eigenvalue weighted by Gasteiger charge is -2.17. The Kier molecular flexibility index (Phi) is 6.18. The maximum Gasteiger partial charge on any atom is 0.411 e. The van der Waals surface area contributed by atoms with Crippen molar-refractivity contribution in [3.8, 4) is 11.1 Å². The first-order valence-electron chi connectivity index (χ1n) is 11.6. The number of carbonyl (C=O) groups is 3. The minimum absolute atomic E-state index is 0.0393. The molecule has 2 aliphatic carbocycles. The predicted molar refractivity (Wildman–Crippen MR) is 129 cm³/mol. The Bertz CT molecular complexity index is 1230. The number of aromatic nitrogens is 1. The highest BCUT2D eigenvalue weighted by atomic mass is 16.5. The van der Waals surface area contributed by atoms with Gasteiger partial charge in [0.15, 0.2) is 0 Å². The number of hydrogen-bond acceptors (Lipinski definition) is 5. The van der Waals surface area contributed by atoms with Crippen molar-refractivity contribution in [1.29, 1.82) is 0 Å². The van der Waals surface area contributed by atoms with Crippen LogP contribution in [0.1, 0.15) is 46.8 Å². The first-order valence-corrected chi connectivity index (χ1v) is 11.6. The molecule has 35 heavy (non-hydrogen) atoms. The number of aliphatic carboxylic acids is 1. The van der Waals surface area contributed by atoms with E-state index in [1.54, 1.807) is 6.07 Å². The molecule has 8 nitrogen and oxygen atoms in total. The summed E-state index contributed by atoms with van der Waals surface area (Å²) in [5, 5.41) is 14.7. The molecule has 2 aliphatic rings. The number of anilines is 1. The highest BCUT2D eigenvalue weighted by molar-refractivity contribution is 5.93. The van der Waals surface area contributed by atoms with E-state index in [9.17, 15) is 19.5 Å². The fraction of sp³-hybridized carbons (Fsp3) is 0.259. The van der Waals surface area contributed by atoms with Crippen molar-refractivity contribution in [2.75, 3.05) is 11.9 Å². The van der Waals surface area contributed by atoms with Gasteiger partial charge in [-0.05, 0) is 47.2 Å². The molecule has 0 radical (unpaired) electrons. The average Bonchev–Trinajstić information content (AvgIpc) is 3.46. The third-order valence-electron chi connectivity index (χ3n) is 6.74. The maximum absolute atomic E-state index is 12.5. The monoisotopic (exact) mass is 471 g/mol. The van der Waals surface area contributed by atoms with Crippen LogP contribution in [-0.2, 0) is 9.53 Å². The van der Waals surface area contributed by atoms with Gasteiger partial charge >= 0.3 is 12.1 Å². The van der Waals surface area contributed by atoms with Crippen molar-refractivity contribution in [2.24, 2.45) is 5.92 Å². The lowest BCUT2D eigenvalue weighted by atomic mass is 9.98. The second-order valence-electron chi connectivity index (χ2n) is 8.84. The normalized spacial score (nSPS) is 18.4. The van der Waals surface area contributed by atoms with Crippen LogP contribution >= 0.6 is 0 Å². The summed E-state index contributed by atoms with van der Waals surface area (Å²) in [6, 6.07) is 18.9. The Labute approximate surface area is 202 Å². The number of ether oxygens (including phenoxy) is 1. The van der Waals surface area contributed by atoms with Gasteiger partial charge in [0.2, 0.25) is 0 Å². The smallest absolute Gasteiger partial charge is 0.411 e. The van der Waals surface area contributed by atoms with Gasteiger partial charge in [-0.15, -0.1) is 0 Å². The van der Waals surface area contributed by atoms with Crippen LogP contribution in [0.5, 0.6) is 0 Å². The van der Waals surface area contributed by atoms with Gasteiger partial charge in [0.05, 0.1) is 17.8 Å². The number of nitrogens with one attached hydrogen (secondary N) is 2. The topological polar surface area (TPSA) is 118 Å². The second-order valence-corrected chi connectivity index (χ2v) is 8.84. The third kappa shape index (κ3) is 4.59. The van der Waals surface area contributed by atoms with E-state index >= 15 is 0 Å². The number of rotatable bonds is 6. The summed E-state index contributed by atoms with van der Waals surface area (Å²) in [6.45, 7) is 0.194. The first-order chi connectivity index (χ1) is 17.0. The molecular weight excluding hydrogens is 446 g/mol. The average molecular weight is 472 g/mol. The van der Waals surface area contributed by atoms with Crippen LogP contribution in [-0.4, -0.2) is 40.7 Å². The standard InChI is InChI=1S/C27H25N3O5/c31-25(30-23-11-5-10-21(23)26(32)33)24-13-12-16(14-28-24)29-27(34)35-15-22-19-8-3-1-6-17(19)18-7-2-4-9-20(18)22/h1-4,6-9,12-14,21-23H,5,10-11,15H2,(H,29,34)(H,30,31)(H,32,33)/t21-,23+/m0/s1. The molecule has 3 aromatic rings. The Hall–Kier alpha value is -4.20. The number of carbonyl (C=O) groups excluding carboxylic acids is 2. The molecule has 1 aromatic heterocycles. The van der Waals surface area contributed by atoms with Crippen molar-refractivity contribution in [1.82, 2.24) is 10.3 Å². The molecule has 178 valence electrons. The number of amides is 2. The third-order valence-corrected chi connectivity index (χ3v) is 6.74. The first kappa shape index (κ1) is 22.6. The second kappa shape index (κ2) is 9.58. The van der Waals surface area contributed by atoms with E-state index in [0.29, 0.717) is 18.5 Å². The van der Waals surface area contributed by atoms with E-state index < -0.39 is 29.9 Å². The fourth-order valence-corrected chi connectivity index (χ4v) is 5.03. The summed E-state index contributed by atoms with van der Waals surface area (Å²) < 4.78 is 5.53. The largest absolute Gasteiger partial charge is 0.481 e. The fourth-order valence-electron chi connectivity index (χ4n) is 5.03. The molecular formula is C27H25N3O5. The van der Waals surface area contributed by atoms with Gasteiger partial charge in [-0.25, -0.2) is 9.78 Å². The van der Waals surface area contributed by atoms with E-state index in [4.69, 9.17) is 4.74 Å². The minimum atomic E-state index is -0.900. The molecule has 2 atom stereocenters. The van der Waals surface area contributed by atoms with Crippen LogP contribution < -0.4 is 10.6 Å². The maximum atomic E-state index is 12.5. The molecule has 5 rings (SSSR count). The summed E-state index contributed by atoms with van der Waals surface area (Å²) in [5.74, 6) is -1.95.